The van der Waals surface area contributed by atoms with Crippen molar-refractivity contribution in [2.24, 2.45) is 0 Å². The molecule has 216 valence electrons. The van der Waals surface area contributed by atoms with Gasteiger partial charge in [0, 0.05) is 23.4 Å². The van der Waals surface area contributed by atoms with E-state index < -0.39 is 16.8 Å². The number of nitro benzene ring substituents is 1. The van der Waals surface area contributed by atoms with Crippen LogP contribution in [0.5, 0.6) is 0 Å². The largest absolute Gasteiger partial charge is 0.462 e. The third-order valence-electron chi connectivity index (χ3n) is 6.07. The smallest absolute Gasteiger partial charge is 0.338 e. The van der Waals surface area contributed by atoms with Crippen molar-refractivity contribution in [3.05, 3.63) is 105 Å². The molecular formula is C29H28N6O6S. The lowest BCUT2D eigenvalue weighted by molar-refractivity contribution is -0.384. The summed E-state index contributed by atoms with van der Waals surface area (Å²) in [6.07, 6.45) is 0. The molecule has 4 aromatic rings. The number of hydrogen-bond donors (Lipinski definition) is 2. The van der Waals surface area contributed by atoms with Gasteiger partial charge in [-0.05, 0) is 74.4 Å². The number of nitrogens with one attached hydrogen (secondary N) is 2. The number of ether oxygens (including phenoxy) is 1. The second-order valence-electron chi connectivity index (χ2n) is 9.15. The normalized spacial score (nSPS) is 10.6. The zero-order chi connectivity index (χ0) is 30.2. The monoisotopic (exact) mass is 588 g/mol. The van der Waals surface area contributed by atoms with Gasteiger partial charge < -0.3 is 15.4 Å². The van der Waals surface area contributed by atoms with E-state index in [-0.39, 0.29) is 36.1 Å². The summed E-state index contributed by atoms with van der Waals surface area (Å²) < 4.78 is 6.77. The highest BCUT2D eigenvalue weighted by Gasteiger charge is 2.19. The number of aromatic nitrogens is 3. The van der Waals surface area contributed by atoms with Gasteiger partial charge in [-0.3, -0.25) is 24.3 Å². The average molecular weight is 589 g/mol. The molecule has 0 bridgehead atoms. The first-order valence-electron chi connectivity index (χ1n) is 12.9. The van der Waals surface area contributed by atoms with E-state index in [2.05, 4.69) is 20.8 Å². The molecule has 12 nitrogen and oxygen atoms in total. The zero-order valence-corrected chi connectivity index (χ0v) is 23.9. The Morgan fingerprint density at radius 2 is 1.67 bits per heavy atom. The van der Waals surface area contributed by atoms with E-state index in [0.29, 0.717) is 22.2 Å². The van der Waals surface area contributed by atoms with Crippen molar-refractivity contribution in [2.75, 3.05) is 17.7 Å². The van der Waals surface area contributed by atoms with Crippen LogP contribution in [0.2, 0.25) is 0 Å². The van der Waals surface area contributed by atoms with E-state index in [1.54, 1.807) is 35.8 Å². The van der Waals surface area contributed by atoms with Gasteiger partial charge in [-0.1, -0.05) is 23.9 Å². The van der Waals surface area contributed by atoms with Crippen LogP contribution in [-0.4, -0.2) is 49.8 Å². The maximum absolute atomic E-state index is 12.7. The lowest BCUT2D eigenvalue weighted by Crippen LogP contribution is -2.24. The quantitative estimate of drug-likeness (QED) is 0.110. The van der Waals surface area contributed by atoms with Crippen molar-refractivity contribution < 1.29 is 24.0 Å². The van der Waals surface area contributed by atoms with Crippen LogP contribution >= 0.6 is 11.8 Å². The van der Waals surface area contributed by atoms with Crippen LogP contribution in [0.15, 0.2) is 71.9 Å². The molecule has 1 heterocycles. The van der Waals surface area contributed by atoms with Crippen LogP contribution in [0.3, 0.4) is 0 Å². The number of rotatable bonds is 11. The molecular weight excluding hydrogens is 560 g/mol. The van der Waals surface area contributed by atoms with Gasteiger partial charge in [0.25, 0.3) is 11.6 Å². The number of anilines is 1. The minimum atomic E-state index is -0.532. The van der Waals surface area contributed by atoms with Crippen molar-refractivity contribution >= 4 is 40.9 Å². The molecule has 0 aliphatic carbocycles. The molecule has 1 aromatic heterocycles. The molecule has 0 unspecified atom stereocenters. The third kappa shape index (κ3) is 7.37. The highest BCUT2D eigenvalue weighted by atomic mass is 32.2. The second kappa shape index (κ2) is 13.5. The molecule has 0 aliphatic rings. The molecule has 0 fully saturated rings. The fraction of sp³-hybridized carbons (Fsp3) is 0.207. The molecule has 4 rings (SSSR count). The summed E-state index contributed by atoms with van der Waals surface area (Å²) in [6, 6.07) is 17.6. The molecule has 2 amide bonds. The summed E-state index contributed by atoms with van der Waals surface area (Å²) in [5, 5.41) is 25.5. The van der Waals surface area contributed by atoms with Gasteiger partial charge in [-0.25, -0.2) is 4.79 Å². The van der Waals surface area contributed by atoms with Gasteiger partial charge in [0.15, 0.2) is 11.0 Å². The van der Waals surface area contributed by atoms with E-state index in [0.717, 1.165) is 16.8 Å². The predicted octanol–water partition coefficient (Wildman–Crippen LogP) is 4.63. The number of nitrogens with zero attached hydrogens (tertiary/aromatic N) is 4. The Bertz CT molecular complexity index is 1620. The minimum Gasteiger partial charge on any atom is -0.462 e. The van der Waals surface area contributed by atoms with Crippen molar-refractivity contribution in [3.63, 3.8) is 0 Å². The van der Waals surface area contributed by atoms with Crippen LogP contribution in [0.25, 0.3) is 5.69 Å². The first kappa shape index (κ1) is 29.9. The number of hydrogen-bond acceptors (Lipinski definition) is 9. The van der Waals surface area contributed by atoms with Gasteiger partial charge in [-0.15, -0.1) is 10.2 Å². The molecule has 0 aliphatic heterocycles. The molecule has 0 saturated carbocycles. The van der Waals surface area contributed by atoms with E-state index in [4.69, 9.17) is 4.74 Å². The van der Waals surface area contributed by atoms with Gasteiger partial charge >= 0.3 is 5.97 Å². The molecule has 3 aromatic carbocycles. The summed E-state index contributed by atoms with van der Waals surface area (Å²) in [5.41, 5.74) is 3.82. The summed E-state index contributed by atoms with van der Waals surface area (Å²) in [4.78, 5) is 47.7. The number of esters is 1. The van der Waals surface area contributed by atoms with Gasteiger partial charge in [-0.2, -0.15) is 0 Å². The molecule has 0 spiro atoms. The Labute approximate surface area is 245 Å². The SMILES string of the molecule is CCOC(=O)c1ccc(NC(=O)CSc2nnc(CNC(=O)c3ccc([N+](=O)[O-])cc3)n2-c2cc(C)ccc2C)cc1. The molecule has 42 heavy (non-hydrogen) atoms. The molecule has 0 radical (unpaired) electrons. The fourth-order valence-electron chi connectivity index (χ4n) is 3.94. The maximum atomic E-state index is 12.7. The van der Waals surface area contributed by atoms with Gasteiger partial charge in [0.05, 0.1) is 35.1 Å². The molecule has 13 heteroatoms. The van der Waals surface area contributed by atoms with E-state index in [1.165, 1.54) is 36.0 Å². The van der Waals surface area contributed by atoms with Crippen molar-refractivity contribution in [1.82, 2.24) is 20.1 Å². The van der Waals surface area contributed by atoms with Crippen molar-refractivity contribution in [3.8, 4) is 5.69 Å². The Kier molecular flexibility index (Phi) is 9.65. The maximum Gasteiger partial charge on any atom is 0.338 e. The number of benzene rings is 3. The highest BCUT2D eigenvalue weighted by molar-refractivity contribution is 7.99. The molecule has 0 saturated heterocycles. The number of thioether (sulfide) groups is 1. The zero-order valence-electron chi connectivity index (χ0n) is 23.1. The van der Waals surface area contributed by atoms with Crippen LogP contribution in [0, 0.1) is 24.0 Å². The topological polar surface area (TPSA) is 158 Å². The summed E-state index contributed by atoms with van der Waals surface area (Å²) in [5.74, 6) is -0.680. The number of nitro groups is 1. The number of carbonyl (C=O) groups is 3. The van der Waals surface area contributed by atoms with E-state index >= 15 is 0 Å². The van der Waals surface area contributed by atoms with Crippen LogP contribution < -0.4 is 10.6 Å². The molecule has 0 atom stereocenters. The third-order valence-corrected chi connectivity index (χ3v) is 6.99. The Morgan fingerprint density at radius 3 is 2.33 bits per heavy atom. The number of non-ortho nitro benzene ring substituents is 1. The highest BCUT2D eigenvalue weighted by Crippen LogP contribution is 2.26. The lowest BCUT2D eigenvalue weighted by Gasteiger charge is -2.14. The minimum absolute atomic E-state index is 0.0236. The average Bonchev–Trinajstić information content (AvgIpc) is 3.39. The van der Waals surface area contributed by atoms with Gasteiger partial charge in [0.1, 0.15) is 0 Å². The second-order valence-corrected chi connectivity index (χ2v) is 10.1. The van der Waals surface area contributed by atoms with E-state index in [1.807, 2.05) is 32.0 Å². The standard InChI is InChI=1S/C29H28N6O6S/c1-4-41-28(38)21-7-11-22(12-8-21)31-26(36)17-42-29-33-32-25(34(29)24-15-18(2)5-6-19(24)3)16-30-27(37)20-9-13-23(14-10-20)35(39)40/h5-15H,4,16-17H2,1-3H3,(H,30,37)(H,31,36). The first-order valence-corrected chi connectivity index (χ1v) is 13.9. The first-order chi connectivity index (χ1) is 20.2. The number of amides is 2. The Morgan fingerprint density at radius 1 is 0.976 bits per heavy atom. The lowest BCUT2D eigenvalue weighted by atomic mass is 10.1. The van der Waals surface area contributed by atoms with Crippen molar-refractivity contribution in [2.45, 2.75) is 32.5 Å². The fourth-order valence-corrected chi connectivity index (χ4v) is 4.70. The summed E-state index contributed by atoms with van der Waals surface area (Å²) >= 11 is 1.18. The van der Waals surface area contributed by atoms with Gasteiger partial charge in [0.2, 0.25) is 5.91 Å². The van der Waals surface area contributed by atoms with E-state index in [9.17, 15) is 24.5 Å². The van der Waals surface area contributed by atoms with Crippen LogP contribution in [-0.2, 0) is 16.1 Å². The Hall–Kier alpha value is -5.04. The van der Waals surface area contributed by atoms with Crippen molar-refractivity contribution in [1.29, 1.82) is 0 Å². The summed E-state index contributed by atoms with van der Waals surface area (Å²) in [7, 11) is 0. The number of carbonyl (C=O) groups excluding carboxylic acids is 3. The number of aryl methyl sites for hydroxylation is 2. The molecule has 2 N–H and O–H groups in total. The van der Waals surface area contributed by atoms with Crippen LogP contribution in [0.1, 0.15) is 44.6 Å². The predicted molar refractivity (Wildman–Crippen MR) is 157 cm³/mol. The summed E-state index contributed by atoms with van der Waals surface area (Å²) in [6.45, 7) is 5.92. The Balaban J connectivity index is 1.48. The van der Waals surface area contributed by atoms with Crippen LogP contribution in [0.4, 0.5) is 11.4 Å².